The summed E-state index contributed by atoms with van der Waals surface area (Å²) in [6.45, 7) is 3.10. The van der Waals surface area contributed by atoms with Crippen LogP contribution in [0.3, 0.4) is 0 Å². The van der Waals surface area contributed by atoms with E-state index in [1.165, 1.54) is 35.2 Å². The average Bonchev–Trinajstić information content (AvgIpc) is 3.20. The van der Waals surface area contributed by atoms with Crippen molar-refractivity contribution in [2.24, 2.45) is 7.05 Å². The van der Waals surface area contributed by atoms with E-state index in [0.29, 0.717) is 0 Å². The van der Waals surface area contributed by atoms with Crippen LogP contribution in [0, 0.1) is 0 Å². The second kappa shape index (κ2) is 5.75. The first kappa shape index (κ1) is 13.3. The third kappa shape index (κ3) is 3.07. The number of rotatable bonds is 6. The van der Waals surface area contributed by atoms with Gasteiger partial charge < -0.3 is 5.32 Å². The van der Waals surface area contributed by atoms with Crippen LogP contribution in [0.2, 0.25) is 0 Å². The largest absolute Gasteiger partial charge is 0.310 e. The summed E-state index contributed by atoms with van der Waals surface area (Å²) in [6, 6.07) is 2.96. The summed E-state index contributed by atoms with van der Waals surface area (Å²) in [4.78, 5) is 4.39. The molecule has 0 saturated heterocycles. The summed E-state index contributed by atoms with van der Waals surface area (Å²) in [7, 11) is 1.98. The molecule has 4 nitrogen and oxygen atoms in total. The molecule has 0 bridgehead atoms. The van der Waals surface area contributed by atoms with Gasteiger partial charge in [0.25, 0.3) is 0 Å². The lowest BCUT2D eigenvalue weighted by Gasteiger charge is -2.06. The topological polar surface area (TPSA) is 42.7 Å². The van der Waals surface area contributed by atoms with Crippen molar-refractivity contribution in [2.45, 2.75) is 45.2 Å². The molecule has 2 aromatic rings. The Labute approximate surface area is 120 Å². The smallest absolute Gasteiger partial charge is 0.0703 e. The molecule has 1 saturated carbocycles. The first-order valence-corrected chi connectivity index (χ1v) is 7.46. The summed E-state index contributed by atoms with van der Waals surface area (Å²) in [5.74, 6) is 0. The van der Waals surface area contributed by atoms with Crippen LogP contribution in [0.25, 0.3) is 11.1 Å². The highest BCUT2D eigenvalue weighted by Crippen LogP contribution is 2.24. The van der Waals surface area contributed by atoms with E-state index in [9.17, 15) is 0 Å². The van der Waals surface area contributed by atoms with Crippen LogP contribution >= 0.6 is 0 Å². The summed E-state index contributed by atoms with van der Waals surface area (Å²) in [5.41, 5.74) is 4.82. The number of pyridine rings is 1. The number of nitrogens with one attached hydrogen (secondary N) is 1. The van der Waals surface area contributed by atoms with Crippen LogP contribution in [-0.4, -0.2) is 20.8 Å². The SMILES string of the molecule is CCCc1nn(C)cc1-c1cncc(CNC2CC2)c1. The minimum atomic E-state index is 0.729. The highest BCUT2D eigenvalue weighted by molar-refractivity contribution is 5.65. The molecule has 106 valence electrons. The highest BCUT2D eigenvalue weighted by atomic mass is 15.2. The summed E-state index contributed by atoms with van der Waals surface area (Å²) >= 11 is 0. The summed E-state index contributed by atoms with van der Waals surface area (Å²) in [5, 5.41) is 8.10. The maximum absolute atomic E-state index is 4.56. The predicted octanol–water partition coefficient (Wildman–Crippen LogP) is 2.69. The zero-order chi connectivity index (χ0) is 13.9. The molecule has 2 heterocycles. The first-order valence-electron chi connectivity index (χ1n) is 7.46. The molecule has 2 aromatic heterocycles. The zero-order valence-corrected chi connectivity index (χ0v) is 12.3. The molecule has 4 heteroatoms. The van der Waals surface area contributed by atoms with Crippen LogP contribution in [0.5, 0.6) is 0 Å². The van der Waals surface area contributed by atoms with Gasteiger partial charge in [0.05, 0.1) is 5.69 Å². The van der Waals surface area contributed by atoms with Gasteiger partial charge in [0, 0.05) is 49.4 Å². The summed E-state index contributed by atoms with van der Waals surface area (Å²) < 4.78 is 1.90. The molecule has 0 aromatic carbocycles. The molecule has 0 atom stereocenters. The number of nitrogens with zero attached hydrogens (tertiary/aromatic N) is 3. The van der Waals surface area contributed by atoms with Crippen LogP contribution in [0.1, 0.15) is 37.4 Å². The molecule has 0 aliphatic heterocycles. The van der Waals surface area contributed by atoms with E-state index in [1.54, 1.807) is 0 Å². The molecule has 0 amide bonds. The van der Waals surface area contributed by atoms with Crippen LogP contribution < -0.4 is 5.32 Å². The fourth-order valence-corrected chi connectivity index (χ4v) is 2.48. The average molecular weight is 270 g/mol. The first-order chi connectivity index (χ1) is 9.76. The fourth-order valence-electron chi connectivity index (χ4n) is 2.48. The highest BCUT2D eigenvalue weighted by Gasteiger charge is 2.20. The molecule has 20 heavy (non-hydrogen) atoms. The number of hydrogen-bond donors (Lipinski definition) is 1. The van der Waals surface area contributed by atoms with Gasteiger partial charge in [-0.05, 0) is 30.9 Å². The van der Waals surface area contributed by atoms with E-state index in [1.807, 2.05) is 24.1 Å². The fraction of sp³-hybridized carbons (Fsp3) is 0.500. The normalized spacial score (nSPS) is 14.7. The van der Waals surface area contributed by atoms with E-state index in [-0.39, 0.29) is 0 Å². The molecule has 0 spiro atoms. The van der Waals surface area contributed by atoms with Crippen molar-refractivity contribution in [3.05, 3.63) is 35.9 Å². The molecule has 1 fully saturated rings. The van der Waals surface area contributed by atoms with E-state index < -0.39 is 0 Å². The van der Waals surface area contributed by atoms with Gasteiger partial charge in [-0.25, -0.2) is 0 Å². The zero-order valence-electron chi connectivity index (χ0n) is 12.3. The van der Waals surface area contributed by atoms with Crippen molar-refractivity contribution in [2.75, 3.05) is 0 Å². The lowest BCUT2D eigenvalue weighted by atomic mass is 10.0. The molecule has 1 aliphatic rings. The van der Waals surface area contributed by atoms with Gasteiger partial charge in [-0.1, -0.05) is 13.3 Å². The maximum atomic E-state index is 4.56. The molecule has 0 unspecified atom stereocenters. The Morgan fingerprint density at radius 3 is 2.95 bits per heavy atom. The standard InChI is InChI=1S/C16H22N4/c1-3-4-16-15(11-20(2)19-16)13-7-12(8-17-10-13)9-18-14-5-6-14/h7-8,10-11,14,18H,3-6,9H2,1-2H3. The van der Waals surface area contributed by atoms with Gasteiger partial charge in [0.2, 0.25) is 0 Å². The number of aromatic nitrogens is 3. The Morgan fingerprint density at radius 2 is 2.20 bits per heavy atom. The molecule has 1 aliphatic carbocycles. The third-order valence-corrected chi connectivity index (χ3v) is 3.67. The minimum Gasteiger partial charge on any atom is -0.310 e. The van der Waals surface area contributed by atoms with E-state index >= 15 is 0 Å². The minimum absolute atomic E-state index is 0.729. The van der Waals surface area contributed by atoms with Gasteiger partial charge in [0.15, 0.2) is 0 Å². The molecule has 0 radical (unpaired) electrons. The number of hydrogen-bond acceptors (Lipinski definition) is 3. The van der Waals surface area contributed by atoms with Crippen molar-refractivity contribution >= 4 is 0 Å². The van der Waals surface area contributed by atoms with Gasteiger partial charge in [-0.3, -0.25) is 9.67 Å². The van der Waals surface area contributed by atoms with Crippen LogP contribution in [0.15, 0.2) is 24.7 Å². The predicted molar refractivity (Wildman–Crippen MR) is 80.3 cm³/mol. The molecule has 3 rings (SSSR count). The quantitative estimate of drug-likeness (QED) is 0.877. The van der Waals surface area contributed by atoms with Crippen molar-refractivity contribution in [3.63, 3.8) is 0 Å². The van der Waals surface area contributed by atoms with E-state index in [2.05, 4.69) is 34.6 Å². The Kier molecular flexibility index (Phi) is 3.83. The lowest BCUT2D eigenvalue weighted by Crippen LogP contribution is -2.15. The van der Waals surface area contributed by atoms with Gasteiger partial charge in [-0.2, -0.15) is 5.10 Å². The second-order valence-corrected chi connectivity index (χ2v) is 5.65. The van der Waals surface area contributed by atoms with Crippen molar-refractivity contribution in [1.29, 1.82) is 0 Å². The van der Waals surface area contributed by atoms with Gasteiger partial charge >= 0.3 is 0 Å². The van der Waals surface area contributed by atoms with E-state index in [0.717, 1.165) is 25.4 Å². The lowest BCUT2D eigenvalue weighted by molar-refractivity contribution is 0.686. The number of aryl methyl sites for hydroxylation is 2. The Bertz CT molecular complexity index is 584. The molecular weight excluding hydrogens is 248 g/mol. The Morgan fingerprint density at radius 1 is 1.35 bits per heavy atom. The third-order valence-electron chi connectivity index (χ3n) is 3.67. The maximum Gasteiger partial charge on any atom is 0.0703 e. The second-order valence-electron chi connectivity index (χ2n) is 5.65. The van der Waals surface area contributed by atoms with Gasteiger partial charge in [-0.15, -0.1) is 0 Å². The Hall–Kier alpha value is -1.68. The van der Waals surface area contributed by atoms with Crippen LogP contribution in [0.4, 0.5) is 0 Å². The molecule has 1 N–H and O–H groups in total. The van der Waals surface area contributed by atoms with Crippen LogP contribution in [-0.2, 0) is 20.0 Å². The summed E-state index contributed by atoms with van der Waals surface area (Å²) in [6.07, 6.45) is 10.7. The Balaban J connectivity index is 1.83. The van der Waals surface area contributed by atoms with E-state index in [4.69, 9.17) is 0 Å². The van der Waals surface area contributed by atoms with Crippen molar-refractivity contribution in [1.82, 2.24) is 20.1 Å². The molecular formula is C16H22N4. The van der Waals surface area contributed by atoms with Gasteiger partial charge in [0.1, 0.15) is 0 Å². The van der Waals surface area contributed by atoms with Crippen molar-refractivity contribution < 1.29 is 0 Å². The van der Waals surface area contributed by atoms with Crippen molar-refractivity contribution in [3.8, 4) is 11.1 Å². The monoisotopic (exact) mass is 270 g/mol.